The van der Waals surface area contributed by atoms with Gasteiger partial charge in [-0.1, -0.05) is 36.5 Å². The van der Waals surface area contributed by atoms with Crippen LogP contribution in [-0.4, -0.2) is 42.0 Å². The zero-order chi connectivity index (χ0) is 19.7. The number of piperidine rings is 1. The smallest absolute Gasteiger partial charge is 0.227 e. The summed E-state index contributed by atoms with van der Waals surface area (Å²) >= 11 is 5.78. The van der Waals surface area contributed by atoms with Gasteiger partial charge in [-0.2, -0.15) is 0 Å². The summed E-state index contributed by atoms with van der Waals surface area (Å²) in [4.78, 5) is 17.8. The van der Waals surface area contributed by atoms with Crippen molar-refractivity contribution in [1.29, 1.82) is 0 Å². The lowest BCUT2D eigenvalue weighted by molar-refractivity contribution is -0.119. The molecule has 0 spiro atoms. The third-order valence-electron chi connectivity index (χ3n) is 5.83. The Morgan fingerprint density at radius 1 is 1.11 bits per heavy atom. The Bertz CT molecular complexity index is 903. The van der Waals surface area contributed by atoms with Crippen LogP contribution in [0.3, 0.4) is 0 Å². The number of methoxy groups -OCH3 is 1. The molecule has 1 amide bonds. The molecule has 0 aliphatic carbocycles. The zero-order valence-corrected chi connectivity index (χ0v) is 17.3. The van der Waals surface area contributed by atoms with Gasteiger partial charge in [0.25, 0.3) is 0 Å². The molecule has 2 heterocycles. The van der Waals surface area contributed by atoms with Gasteiger partial charge in [0.15, 0.2) is 0 Å². The van der Waals surface area contributed by atoms with Gasteiger partial charge >= 0.3 is 0 Å². The number of para-hydroxylation sites is 1. The van der Waals surface area contributed by atoms with Crippen molar-refractivity contribution in [3.05, 3.63) is 59.2 Å². The number of rotatable bonds is 3. The monoisotopic (exact) mass is 394 g/mol. The molecule has 0 unspecified atom stereocenters. The molecule has 2 aliphatic heterocycles. The topological polar surface area (TPSA) is 32.8 Å². The summed E-state index contributed by atoms with van der Waals surface area (Å²) in [5, 5.41) is 0. The molecule has 146 valence electrons. The number of aryl methyl sites for hydroxylation is 2. The maximum Gasteiger partial charge on any atom is 0.227 e. The van der Waals surface area contributed by atoms with Crippen molar-refractivity contribution >= 4 is 28.8 Å². The first-order valence-corrected chi connectivity index (χ1v) is 10.3. The number of ether oxygens (including phenoxy) is 1. The van der Waals surface area contributed by atoms with E-state index >= 15 is 0 Å². The van der Waals surface area contributed by atoms with Crippen LogP contribution in [0.25, 0.3) is 0 Å². The second-order valence-electron chi connectivity index (χ2n) is 7.62. The lowest BCUT2D eigenvalue weighted by Gasteiger charge is -2.41. The van der Waals surface area contributed by atoms with E-state index in [4.69, 9.17) is 17.0 Å². The first-order chi connectivity index (χ1) is 13.6. The molecule has 2 aromatic carbocycles. The maximum atomic E-state index is 12.7. The molecule has 1 saturated heterocycles. The number of hydrogen-bond donors (Lipinski definition) is 0. The van der Waals surface area contributed by atoms with E-state index in [2.05, 4.69) is 29.2 Å². The van der Waals surface area contributed by atoms with Crippen LogP contribution in [0, 0.1) is 6.92 Å². The summed E-state index contributed by atoms with van der Waals surface area (Å²) in [6.45, 7) is 3.76. The van der Waals surface area contributed by atoms with Crippen molar-refractivity contribution in [2.45, 2.75) is 38.6 Å². The van der Waals surface area contributed by atoms with Crippen molar-refractivity contribution in [3.63, 3.8) is 0 Å². The molecule has 2 aliphatic rings. The average Bonchev–Trinajstić information content (AvgIpc) is 2.73. The maximum absolute atomic E-state index is 12.7. The van der Waals surface area contributed by atoms with E-state index in [0.29, 0.717) is 6.42 Å². The Labute approximate surface area is 172 Å². The first kappa shape index (κ1) is 18.9. The predicted molar refractivity (Wildman–Crippen MR) is 116 cm³/mol. The number of thiocarbonyl (C=S) groups is 1. The van der Waals surface area contributed by atoms with Gasteiger partial charge in [0, 0.05) is 31.2 Å². The Hall–Kier alpha value is -2.40. The number of carbonyl (C=O) groups excluding carboxylic acids is 1. The highest BCUT2D eigenvalue weighted by Crippen LogP contribution is 2.33. The molecular formula is C23H26N2O2S. The highest BCUT2D eigenvalue weighted by atomic mass is 32.1. The Kier molecular flexibility index (Phi) is 5.36. The zero-order valence-electron chi connectivity index (χ0n) is 16.5. The van der Waals surface area contributed by atoms with Crippen LogP contribution in [0.4, 0.5) is 5.69 Å². The number of fused-ring (bicyclic) bond motifs is 1. The van der Waals surface area contributed by atoms with Gasteiger partial charge in [0.05, 0.1) is 12.7 Å². The average molecular weight is 395 g/mol. The Morgan fingerprint density at radius 2 is 1.86 bits per heavy atom. The molecular weight excluding hydrogens is 368 g/mol. The van der Waals surface area contributed by atoms with Gasteiger partial charge in [-0.25, -0.2) is 0 Å². The summed E-state index contributed by atoms with van der Waals surface area (Å²) in [5.41, 5.74) is 4.51. The number of carbonyl (C=O) groups is 1. The van der Waals surface area contributed by atoms with E-state index in [1.165, 1.54) is 5.56 Å². The van der Waals surface area contributed by atoms with Gasteiger partial charge in [-0.15, -0.1) is 0 Å². The van der Waals surface area contributed by atoms with Crippen LogP contribution in [0.2, 0.25) is 0 Å². The van der Waals surface area contributed by atoms with E-state index < -0.39 is 0 Å². The third-order valence-corrected chi connectivity index (χ3v) is 6.31. The second kappa shape index (κ2) is 7.92. The minimum atomic E-state index is 0.243. The fraction of sp³-hybridized carbons (Fsp3) is 0.391. The minimum Gasteiger partial charge on any atom is -0.496 e. The quantitative estimate of drug-likeness (QED) is 0.733. The molecule has 0 radical (unpaired) electrons. The fourth-order valence-electron chi connectivity index (χ4n) is 4.33. The van der Waals surface area contributed by atoms with Crippen molar-refractivity contribution in [2.75, 3.05) is 25.1 Å². The van der Waals surface area contributed by atoms with E-state index in [1.54, 1.807) is 7.11 Å². The third kappa shape index (κ3) is 3.51. The first-order valence-electron chi connectivity index (χ1n) is 9.92. The largest absolute Gasteiger partial charge is 0.496 e. The molecule has 0 N–H and O–H groups in total. The van der Waals surface area contributed by atoms with E-state index in [1.807, 2.05) is 30.0 Å². The lowest BCUT2D eigenvalue weighted by atomic mass is 9.95. The van der Waals surface area contributed by atoms with Gasteiger partial charge < -0.3 is 14.5 Å². The van der Waals surface area contributed by atoms with E-state index in [0.717, 1.165) is 59.9 Å². The van der Waals surface area contributed by atoms with Crippen LogP contribution in [0.15, 0.2) is 42.5 Å². The van der Waals surface area contributed by atoms with Crippen LogP contribution < -0.4 is 9.64 Å². The lowest BCUT2D eigenvalue weighted by Crippen LogP contribution is -2.50. The number of anilines is 1. The molecule has 1 fully saturated rings. The molecule has 28 heavy (non-hydrogen) atoms. The molecule has 0 bridgehead atoms. The SMILES string of the molecule is COc1cc(C)ccc1C(=S)N1CCC(N2C(=O)CCc3ccccc32)CC1. The van der Waals surface area contributed by atoms with E-state index in [9.17, 15) is 4.79 Å². The molecule has 0 aromatic heterocycles. The number of nitrogens with zero attached hydrogens (tertiary/aromatic N) is 2. The Morgan fingerprint density at radius 3 is 2.61 bits per heavy atom. The normalized spacial score (nSPS) is 17.4. The predicted octanol–water partition coefficient (Wildman–Crippen LogP) is 4.12. The van der Waals surface area contributed by atoms with Crippen molar-refractivity contribution in [1.82, 2.24) is 4.90 Å². The Balaban J connectivity index is 1.48. The standard InChI is InChI=1S/C23H26N2O2S/c1-16-7-9-19(21(15-16)27-2)23(28)24-13-11-18(12-14-24)25-20-6-4-3-5-17(20)8-10-22(25)26/h3-7,9,15,18H,8,10-14H2,1-2H3. The second-order valence-corrected chi connectivity index (χ2v) is 8.01. The number of amides is 1. The van der Waals surface area contributed by atoms with E-state index in [-0.39, 0.29) is 11.9 Å². The molecule has 4 rings (SSSR count). The summed E-state index contributed by atoms with van der Waals surface area (Å²) in [5.74, 6) is 1.08. The van der Waals surface area contributed by atoms with Gasteiger partial charge in [0.2, 0.25) is 5.91 Å². The van der Waals surface area contributed by atoms with Crippen LogP contribution >= 0.6 is 12.2 Å². The molecule has 5 heteroatoms. The van der Waals surface area contributed by atoms with Gasteiger partial charge in [0.1, 0.15) is 10.7 Å². The fourth-order valence-corrected chi connectivity index (χ4v) is 4.68. The van der Waals surface area contributed by atoms with Crippen molar-refractivity contribution < 1.29 is 9.53 Å². The number of hydrogen-bond acceptors (Lipinski definition) is 3. The summed E-state index contributed by atoms with van der Waals surface area (Å²) in [6.07, 6.45) is 3.31. The summed E-state index contributed by atoms with van der Waals surface area (Å²) in [6, 6.07) is 14.7. The molecule has 0 atom stereocenters. The van der Waals surface area contributed by atoms with Crippen molar-refractivity contribution in [2.24, 2.45) is 0 Å². The highest BCUT2D eigenvalue weighted by molar-refractivity contribution is 7.80. The summed E-state index contributed by atoms with van der Waals surface area (Å²) < 4.78 is 5.54. The molecule has 4 nitrogen and oxygen atoms in total. The molecule has 2 aromatic rings. The molecule has 0 saturated carbocycles. The van der Waals surface area contributed by atoms with Crippen LogP contribution in [0.1, 0.15) is 36.0 Å². The van der Waals surface area contributed by atoms with Crippen LogP contribution in [-0.2, 0) is 11.2 Å². The van der Waals surface area contributed by atoms with Gasteiger partial charge in [-0.3, -0.25) is 4.79 Å². The number of likely N-dealkylation sites (tertiary alicyclic amines) is 1. The van der Waals surface area contributed by atoms with Crippen molar-refractivity contribution in [3.8, 4) is 5.75 Å². The minimum absolute atomic E-state index is 0.243. The summed E-state index contributed by atoms with van der Waals surface area (Å²) in [7, 11) is 1.69. The number of benzene rings is 2. The highest BCUT2D eigenvalue weighted by Gasteiger charge is 2.33. The van der Waals surface area contributed by atoms with Gasteiger partial charge in [-0.05, 0) is 55.5 Å². The van der Waals surface area contributed by atoms with Crippen LogP contribution in [0.5, 0.6) is 5.75 Å².